The lowest BCUT2D eigenvalue weighted by Gasteiger charge is -2.29. The highest BCUT2D eigenvalue weighted by molar-refractivity contribution is 7.76. The topological polar surface area (TPSA) is 356 Å². The second-order valence-electron chi connectivity index (χ2n) is 8.09. The van der Waals surface area contributed by atoms with Crippen LogP contribution in [0.2, 0.25) is 0 Å². The van der Waals surface area contributed by atoms with Gasteiger partial charge in [0.05, 0.1) is 13.2 Å². The van der Waals surface area contributed by atoms with Crippen molar-refractivity contribution in [3.05, 3.63) is 33.1 Å². The number of aromatic nitrogens is 2. The molecular formula is C17H29N3O18P2. The molecule has 0 bridgehead atoms. The zero-order valence-corrected chi connectivity index (χ0v) is 22.1. The Balaban J connectivity index is 0.000000415. The maximum absolute atomic E-state index is 11.8. The van der Waals surface area contributed by atoms with Gasteiger partial charge in [-0.15, -0.1) is 0 Å². The molecule has 12 N–H and O–H groups in total. The molecule has 1 amide bonds. The third-order valence-corrected chi connectivity index (χ3v) is 7.61. The van der Waals surface area contributed by atoms with Gasteiger partial charge in [0.15, 0.2) is 6.23 Å². The monoisotopic (exact) mass is 625 g/mol. The van der Waals surface area contributed by atoms with E-state index in [-0.39, 0.29) is 0 Å². The van der Waals surface area contributed by atoms with E-state index < -0.39 is 100 Å². The van der Waals surface area contributed by atoms with E-state index in [0.29, 0.717) is 0 Å². The van der Waals surface area contributed by atoms with Gasteiger partial charge in [-0.2, -0.15) is 0 Å². The van der Waals surface area contributed by atoms with E-state index in [9.17, 15) is 58.7 Å². The van der Waals surface area contributed by atoms with Crippen LogP contribution >= 0.6 is 15.4 Å². The molecule has 0 saturated carbocycles. The number of carbonyl (C=O) groups excluding carboxylic acids is 2. The molecule has 23 heteroatoms. The van der Waals surface area contributed by atoms with Crippen molar-refractivity contribution in [2.75, 3.05) is 13.2 Å². The average molecular weight is 625 g/mol. The molecule has 0 aromatic carbocycles. The zero-order chi connectivity index (χ0) is 31.2. The number of ether oxygens (including phenoxy) is 1. The van der Waals surface area contributed by atoms with Crippen LogP contribution in [0.4, 0.5) is 0 Å². The van der Waals surface area contributed by atoms with E-state index in [2.05, 4.69) is 4.31 Å². The standard InChI is InChI=1S/C9H12N2O6.C8H17NO12P2/c12-3-4-6(14)7(15)8(17-4)11-2-1-5(13)10-9(11)16;1-3(11)9-5(7(14)6(13)4(12)2-10)8(15)22(16,17)21-23(18,19)20/h1-2,4,6-8,12,14-15H,3H2,(H,10,13,16);4-7,10,12-14H,2H2,1H3,(H,9,11)(H,16,17)(H2,18,19,20)/t4-,6-,7-,8-;4-,5-,6-,7-/m11/s1. The highest BCUT2D eigenvalue weighted by Gasteiger charge is 2.47. The molecule has 1 aliphatic rings. The maximum Gasteiger partial charge on any atom is 0.477 e. The van der Waals surface area contributed by atoms with E-state index >= 15 is 0 Å². The third-order valence-electron chi connectivity index (χ3n) is 5.04. The lowest BCUT2D eigenvalue weighted by molar-refractivity contribution is -0.132. The smallest absolute Gasteiger partial charge is 0.394 e. The predicted molar refractivity (Wildman–Crippen MR) is 125 cm³/mol. The van der Waals surface area contributed by atoms with Crippen LogP contribution in [-0.2, 0) is 27.8 Å². The number of aromatic amines is 1. The van der Waals surface area contributed by atoms with Crippen LogP contribution in [-0.4, -0.2) is 127 Å². The van der Waals surface area contributed by atoms with Crippen LogP contribution in [0.5, 0.6) is 0 Å². The van der Waals surface area contributed by atoms with Gasteiger partial charge in [-0.05, 0) is 0 Å². The molecule has 0 aliphatic carbocycles. The van der Waals surface area contributed by atoms with Gasteiger partial charge in [0.25, 0.3) is 11.1 Å². The van der Waals surface area contributed by atoms with Crippen LogP contribution < -0.4 is 16.6 Å². The Bertz CT molecular complexity index is 1230. The molecule has 40 heavy (non-hydrogen) atoms. The molecule has 0 radical (unpaired) electrons. The van der Waals surface area contributed by atoms with Crippen molar-refractivity contribution in [1.82, 2.24) is 14.9 Å². The van der Waals surface area contributed by atoms with Crippen molar-refractivity contribution >= 4 is 26.8 Å². The van der Waals surface area contributed by atoms with Gasteiger partial charge in [-0.1, -0.05) is 0 Å². The minimum atomic E-state index is -5.68. The van der Waals surface area contributed by atoms with E-state index in [1.807, 2.05) is 4.98 Å². The Morgan fingerprint density at radius 2 is 1.68 bits per heavy atom. The summed E-state index contributed by atoms with van der Waals surface area (Å²) < 4.78 is 31.6. The number of carbonyl (C=O) groups is 2. The van der Waals surface area contributed by atoms with Gasteiger partial charge in [-0.3, -0.25) is 28.5 Å². The molecule has 1 saturated heterocycles. The first-order valence-electron chi connectivity index (χ1n) is 10.8. The summed E-state index contributed by atoms with van der Waals surface area (Å²) in [5.74, 6) is -1.02. The SMILES string of the molecule is CC(=O)N[C@@H](C(=O)P(=O)(O)OP(=O)(O)O)[C@@H](O)[C@H](O)[C@H](O)CO.O=c1ccn([C@@H]2O[C@H](CO)[C@@H](O)[C@H]2O)c(=O)[nH]1. The van der Waals surface area contributed by atoms with Crippen molar-refractivity contribution in [2.45, 2.75) is 55.8 Å². The summed E-state index contributed by atoms with van der Waals surface area (Å²) in [6, 6.07) is -1.26. The van der Waals surface area contributed by atoms with Crippen LogP contribution in [0.1, 0.15) is 13.2 Å². The molecule has 1 unspecified atom stereocenters. The minimum Gasteiger partial charge on any atom is -0.394 e. The fraction of sp³-hybridized carbons (Fsp3) is 0.647. The highest BCUT2D eigenvalue weighted by Crippen LogP contribution is 2.58. The number of hydrogen-bond acceptors (Lipinski definition) is 15. The Morgan fingerprint density at radius 3 is 2.10 bits per heavy atom. The van der Waals surface area contributed by atoms with Crippen molar-refractivity contribution < 1.29 is 78.2 Å². The number of amides is 1. The number of hydrogen-bond donors (Lipinski definition) is 12. The fourth-order valence-corrected chi connectivity index (χ4v) is 5.19. The molecule has 1 aromatic rings. The summed E-state index contributed by atoms with van der Waals surface area (Å²) >= 11 is 0. The summed E-state index contributed by atoms with van der Waals surface area (Å²) in [6.45, 7) is -0.713. The number of aliphatic hydroxyl groups is 7. The van der Waals surface area contributed by atoms with Gasteiger partial charge in [0.2, 0.25) is 5.91 Å². The Kier molecular flexibility index (Phi) is 13.1. The largest absolute Gasteiger partial charge is 0.477 e. The quantitative estimate of drug-likeness (QED) is 0.102. The molecule has 9 atom stereocenters. The number of H-pyrrole nitrogens is 1. The first-order valence-corrected chi connectivity index (χ1v) is 13.9. The molecule has 2 heterocycles. The number of rotatable bonds is 11. The van der Waals surface area contributed by atoms with Crippen LogP contribution in [0, 0.1) is 0 Å². The van der Waals surface area contributed by atoms with Crippen molar-refractivity contribution in [3.63, 3.8) is 0 Å². The molecule has 1 aromatic heterocycles. The Morgan fingerprint density at radius 1 is 1.10 bits per heavy atom. The summed E-state index contributed by atoms with van der Waals surface area (Å²) in [5.41, 5.74) is -3.38. The van der Waals surface area contributed by atoms with E-state index in [4.69, 9.17) is 24.7 Å². The Labute approximate surface area is 222 Å². The first-order chi connectivity index (χ1) is 18.3. The molecule has 1 fully saturated rings. The van der Waals surface area contributed by atoms with Gasteiger partial charge in [0.1, 0.15) is 42.7 Å². The number of nitrogens with one attached hydrogen (secondary N) is 2. The van der Waals surface area contributed by atoms with Crippen LogP contribution in [0.25, 0.3) is 0 Å². The first kappa shape index (κ1) is 35.8. The van der Waals surface area contributed by atoms with Gasteiger partial charge in [-0.25, -0.2) is 13.7 Å². The molecule has 21 nitrogen and oxygen atoms in total. The van der Waals surface area contributed by atoms with Gasteiger partial charge < -0.3 is 60.5 Å². The van der Waals surface area contributed by atoms with Crippen LogP contribution in [0.3, 0.4) is 0 Å². The molecule has 230 valence electrons. The summed E-state index contributed by atoms with van der Waals surface area (Å²) in [6.07, 6.45) is -10.2. The second kappa shape index (κ2) is 14.6. The van der Waals surface area contributed by atoms with E-state index in [1.54, 1.807) is 5.32 Å². The average Bonchev–Trinajstić information content (AvgIpc) is 3.12. The zero-order valence-electron chi connectivity index (χ0n) is 20.3. The van der Waals surface area contributed by atoms with Crippen molar-refractivity contribution in [2.24, 2.45) is 0 Å². The summed E-state index contributed by atoms with van der Waals surface area (Å²) in [7, 11) is -11.3. The number of nitrogens with zero attached hydrogens (tertiary/aromatic N) is 1. The summed E-state index contributed by atoms with van der Waals surface area (Å²) in [4.78, 5) is 73.3. The van der Waals surface area contributed by atoms with Crippen molar-refractivity contribution in [1.29, 1.82) is 0 Å². The number of aliphatic hydroxyl groups excluding tert-OH is 7. The lowest BCUT2D eigenvalue weighted by Crippen LogP contribution is -2.55. The molecule has 2 rings (SSSR count). The second-order valence-corrected chi connectivity index (χ2v) is 11.2. The lowest BCUT2D eigenvalue weighted by atomic mass is 10.0. The predicted octanol–water partition coefficient (Wildman–Crippen LogP) is -6.46. The normalized spacial score (nSPS) is 25.5. The van der Waals surface area contributed by atoms with Gasteiger partial charge >= 0.3 is 21.1 Å². The van der Waals surface area contributed by atoms with Crippen molar-refractivity contribution in [3.8, 4) is 0 Å². The minimum absolute atomic E-state index is 0.479. The van der Waals surface area contributed by atoms with E-state index in [1.165, 1.54) is 0 Å². The van der Waals surface area contributed by atoms with Gasteiger partial charge in [0, 0.05) is 19.2 Å². The third kappa shape index (κ3) is 9.72. The molecular weight excluding hydrogens is 596 g/mol. The maximum atomic E-state index is 11.8. The molecule has 0 spiro atoms. The fourth-order valence-electron chi connectivity index (χ4n) is 3.14. The number of phosphoric acid groups is 1. The molecule has 1 aliphatic heterocycles. The van der Waals surface area contributed by atoms with Crippen LogP contribution in [0.15, 0.2) is 21.9 Å². The highest BCUT2D eigenvalue weighted by atomic mass is 31.3. The van der Waals surface area contributed by atoms with E-state index in [0.717, 1.165) is 23.8 Å². The summed E-state index contributed by atoms with van der Waals surface area (Å²) in [5, 5.41) is 66.8. The Hall–Kier alpha value is -2.20.